The molecule has 23 heavy (non-hydrogen) atoms. The fourth-order valence-corrected chi connectivity index (χ4v) is 2.68. The van der Waals surface area contributed by atoms with Crippen molar-refractivity contribution < 1.29 is 4.79 Å². The van der Waals surface area contributed by atoms with Crippen LogP contribution < -0.4 is 10.6 Å². The zero-order valence-electron chi connectivity index (χ0n) is 13.1. The first-order valence-corrected chi connectivity index (χ1v) is 7.73. The average molecular weight is 305 g/mol. The maximum absolute atomic E-state index is 12.0. The minimum absolute atomic E-state index is 0.0930. The zero-order chi connectivity index (χ0) is 16.3. The minimum atomic E-state index is -0.215. The van der Waals surface area contributed by atoms with Crippen LogP contribution in [0, 0.1) is 18.3 Å². The van der Waals surface area contributed by atoms with Gasteiger partial charge in [0.1, 0.15) is 0 Å². The van der Waals surface area contributed by atoms with Gasteiger partial charge in [-0.05, 0) is 49.6 Å². The van der Waals surface area contributed by atoms with Gasteiger partial charge in [0.15, 0.2) is 0 Å². The lowest BCUT2D eigenvalue weighted by atomic mass is 9.95. The fraction of sp³-hybridized carbons (Fsp3) is 0.263. The Labute approximate surface area is 136 Å². The monoisotopic (exact) mass is 305 g/mol. The van der Waals surface area contributed by atoms with Crippen LogP contribution in [0.3, 0.4) is 0 Å². The lowest BCUT2D eigenvalue weighted by Gasteiger charge is -2.17. The molecule has 0 aromatic heterocycles. The fourth-order valence-electron chi connectivity index (χ4n) is 2.68. The van der Waals surface area contributed by atoms with E-state index < -0.39 is 0 Å². The molecule has 4 nitrogen and oxygen atoms in total. The lowest BCUT2D eigenvalue weighted by molar-refractivity contribution is 0.251. The predicted molar refractivity (Wildman–Crippen MR) is 90.3 cm³/mol. The third-order valence-corrected chi connectivity index (χ3v) is 4.38. The second kappa shape index (κ2) is 6.13. The van der Waals surface area contributed by atoms with Crippen molar-refractivity contribution in [3.8, 4) is 6.07 Å². The van der Waals surface area contributed by atoms with Crippen LogP contribution in [0.25, 0.3) is 0 Å². The molecule has 2 aromatic rings. The van der Waals surface area contributed by atoms with Crippen LogP contribution in [0.2, 0.25) is 0 Å². The van der Waals surface area contributed by atoms with Crippen molar-refractivity contribution in [1.29, 1.82) is 5.26 Å². The number of rotatable bonds is 4. The van der Waals surface area contributed by atoms with Crippen LogP contribution in [0.5, 0.6) is 0 Å². The third-order valence-electron chi connectivity index (χ3n) is 4.38. The smallest absolute Gasteiger partial charge is 0.319 e. The first kappa shape index (κ1) is 15.1. The Morgan fingerprint density at radius 2 is 1.78 bits per heavy atom. The number of aryl methyl sites for hydroxylation is 1. The number of carbonyl (C=O) groups is 1. The third kappa shape index (κ3) is 3.51. The van der Waals surface area contributed by atoms with Crippen molar-refractivity contribution in [2.45, 2.75) is 25.2 Å². The summed E-state index contributed by atoms with van der Waals surface area (Å²) in [6, 6.07) is 17.2. The van der Waals surface area contributed by atoms with Gasteiger partial charge < -0.3 is 10.6 Å². The van der Waals surface area contributed by atoms with Gasteiger partial charge in [-0.15, -0.1) is 0 Å². The molecule has 2 N–H and O–H groups in total. The molecule has 1 saturated carbocycles. The SMILES string of the molecule is Cc1ccc(C2(CNC(=O)Nc3ccc(C#N)cc3)CC2)cc1. The quantitative estimate of drug-likeness (QED) is 0.904. The summed E-state index contributed by atoms with van der Waals surface area (Å²) in [6.07, 6.45) is 2.21. The van der Waals surface area contributed by atoms with E-state index in [0.29, 0.717) is 17.8 Å². The van der Waals surface area contributed by atoms with Crippen molar-refractivity contribution in [3.63, 3.8) is 0 Å². The predicted octanol–water partition coefficient (Wildman–Crippen LogP) is 3.72. The number of nitrogens with one attached hydrogen (secondary N) is 2. The normalized spacial score (nSPS) is 14.6. The maximum atomic E-state index is 12.0. The molecule has 0 radical (unpaired) electrons. The van der Waals surface area contributed by atoms with Gasteiger partial charge in [-0.1, -0.05) is 29.8 Å². The number of carbonyl (C=O) groups excluding carboxylic acids is 1. The van der Waals surface area contributed by atoms with E-state index in [4.69, 9.17) is 5.26 Å². The molecule has 2 aromatic carbocycles. The molecule has 0 bridgehead atoms. The number of amides is 2. The summed E-state index contributed by atoms with van der Waals surface area (Å²) in [5, 5.41) is 14.5. The number of hydrogen-bond acceptors (Lipinski definition) is 2. The topological polar surface area (TPSA) is 64.9 Å². The summed E-state index contributed by atoms with van der Waals surface area (Å²) in [4.78, 5) is 12.0. The summed E-state index contributed by atoms with van der Waals surface area (Å²) in [7, 11) is 0. The van der Waals surface area contributed by atoms with Crippen LogP contribution in [-0.2, 0) is 5.41 Å². The van der Waals surface area contributed by atoms with Crippen molar-refractivity contribution in [2.24, 2.45) is 0 Å². The number of benzene rings is 2. The number of nitrogens with zero attached hydrogens (tertiary/aromatic N) is 1. The summed E-state index contributed by atoms with van der Waals surface area (Å²) < 4.78 is 0. The van der Waals surface area contributed by atoms with E-state index in [-0.39, 0.29) is 11.4 Å². The van der Waals surface area contributed by atoms with E-state index in [0.717, 1.165) is 12.8 Å². The van der Waals surface area contributed by atoms with E-state index in [9.17, 15) is 4.79 Å². The Bertz CT molecular complexity index is 738. The standard InChI is InChI=1S/C19H19N3O/c1-14-2-6-16(7-3-14)19(10-11-19)13-21-18(23)22-17-8-4-15(12-20)5-9-17/h2-9H,10-11,13H2,1H3,(H2,21,22,23). The van der Waals surface area contributed by atoms with Crippen LogP contribution in [0.15, 0.2) is 48.5 Å². The summed E-state index contributed by atoms with van der Waals surface area (Å²) in [5.41, 5.74) is 3.89. The van der Waals surface area contributed by atoms with E-state index in [1.165, 1.54) is 11.1 Å². The van der Waals surface area contributed by atoms with Crippen molar-refractivity contribution in [3.05, 3.63) is 65.2 Å². The molecule has 0 unspecified atom stereocenters. The van der Waals surface area contributed by atoms with Gasteiger partial charge in [-0.3, -0.25) is 0 Å². The van der Waals surface area contributed by atoms with Crippen molar-refractivity contribution >= 4 is 11.7 Å². The van der Waals surface area contributed by atoms with Gasteiger partial charge in [-0.25, -0.2) is 4.79 Å². The first-order chi connectivity index (χ1) is 11.1. The van der Waals surface area contributed by atoms with E-state index in [1.807, 2.05) is 0 Å². The highest BCUT2D eigenvalue weighted by atomic mass is 16.2. The van der Waals surface area contributed by atoms with Gasteiger partial charge in [0.25, 0.3) is 0 Å². The Kier molecular flexibility index (Phi) is 4.03. The zero-order valence-corrected chi connectivity index (χ0v) is 13.1. The van der Waals surface area contributed by atoms with Crippen LogP contribution in [0.4, 0.5) is 10.5 Å². The largest absolute Gasteiger partial charge is 0.337 e. The Morgan fingerprint density at radius 1 is 1.13 bits per heavy atom. The van der Waals surface area contributed by atoms with E-state index in [2.05, 4.69) is 47.9 Å². The van der Waals surface area contributed by atoms with Gasteiger partial charge in [0.2, 0.25) is 0 Å². The van der Waals surface area contributed by atoms with E-state index >= 15 is 0 Å². The molecule has 0 aliphatic heterocycles. The highest BCUT2D eigenvalue weighted by Crippen LogP contribution is 2.47. The first-order valence-electron chi connectivity index (χ1n) is 7.73. The van der Waals surface area contributed by atoms with Crippen molar-refractivity contribution in [2.75, 3.05) is 11.9 Å². The molecule has 3 rings (SSSR count). The maximum Gasteiger partial charge on any atom is 0.319 e. The van der Waals surface area contributed by atoms with E-state index in [1.54, 1.807) is 24.3 Å². The van der Waals surface area contributed by atoms with Crippen LogP contribution in [-0.4, -0.2) is 12.6 Å². The molecule has 0 saturated heterocycles. The molecule has 116 valence electrons. The average Bonchev–Trinajstić information content (AvgIpc) is 3.35. The lowest BCUT2D eigenvalue weighted by Crippen LogP contribution is -2.35. The molecular weight excluding hydrogens is 286 g/mol. The molecule has 0 heterocycles. The molecule has 1 fully saturated rings. The second-order valence-electron chi connectivity index (χ2n) is 6.14. The number of hydrogen-bond donors (Lipinski definition) is 2. The van der Waals surface area contributed by atoms with Crippen LogP contribution in [0.1, 0.15) is 29.5 Å². The molecule has 1 aliphatic carbocycles. The Balaban J connectivity index is 1.56. The van der Waals surface area contributed by atoms with Crippen LogP contribution >= 0.6 is 0 Å². The number of anilines is 1. The number of urea groups is 1. The minimum Gasteiger partial charge on any atom is -0.337 e. The molecule has 0 spiro atoms. The van der Waals surface area contributed by atoms with Gasteiger partial charge >= 0.3 is 6.03 Å². The second-order valence-corrected chi connectivity index (χ2v) is 6.14. The van der Waals surface area contributed by atoms with Gasteiger partial charge in [-0.2, -0.15) is 5.26 Å². The summed E-state index contributed by atoms with van der Waals surface area (Å²) in [6.45, 7) is 2.71. The molecule has 0 atom stereocenters. The molecule has 2 amide bonds. The molecular formula is C19H19N3O. The summed E-state index contributed by atoms with van der Waals surface area (Å²) in [5.74, 6) is 0. The molecule has 1 aliphatic rings. The van der Waals surface area contributed by atoms with Crippen molar-refractivity contribution in [1.82, 2.24) is 5.32 Å². The molecule has 4 heteroatoms. The van der Waals surface area contributed by atoms with Gasteiger partial charge in [0, 0.05) is 17.6 Å². The Morgan fingerprint density at radius 3 is 2.35 bits per heavy atom. The highest BCUT2D eigenvalue weighted by Gasteiger charge is 2.44. The summed E-state index contributed by atoms with van der Waals surface area (Å²) >= 11 is 0. The highest BCUT2D eigenvalue weighted by molar-refractivity contribution is 5.89. The Hall–Kier alpha value is -2.80. The van der Waals surface area contributed by atoms with Gasteiger partial charge in [0.05, 0.1) is 11.6 Å². The number of nitriles is 1.